The van der Waals surface area contributed by atoms with Crippen LogP contribution in [0.15, 0.2) is 40.9 Å². The first-order valence-electron chi connectivity index (χ1n) is 5.38. The molecule has 18 heavy (non-hydrogen) atoms. The van der Waals surface area contributed by atoms with Crippen LogP contribution in [-0.4, -0.2) is 0 Å². The number of alkyl halides is 1. The van der Waals surface area contributed by atoms with Crippen molar-refractivity contribution in [3.63, 3.8) is 0 Å². The molecule has 0 saturated carbocycles. The molecule has 1 nitrogen and oxygen atoms in total. The lowest BCUT2D eigenvalue weighted by molar-refractivity contribution is 0.473. The van der Waals surface area contributed by atoms with E-state index < -0.39 is 0 Å². The van der Waals surface area contributed by atoms with Crippen LogP contribution in [0.1, 0.15) is 11.1 Å². The minimum atomic E-state index is -0.291. The van der Waals surface area contributed by atoms with Gasteiger partial charge in [-0.1, -0.05) is 28.1 Å². The lowest BCUT2D eigenvalue weighted by Crippen LogP contribution is -1.90. The molecule has 0 N–H and O–H groups in total. The van der Waals surface area contributed by atoms with Crippen molar-refractivity contribution in [3.8, 4) is 11.5 Å². The molecule has 0 amide bonds. The second-order valence-electron chi connectivity index (χ2n) is 3.91. The zero-order valence-electron chi connectivity index (χ0n) is 9.71. The van der Waals surface area contributed by atoms with Gasteiger partial charge in [-0.3, -0.25) is 0 Å². The van der Waals surface area contributed by atoms with Gasteiger partial charge in [-0.2, -0.15) is 0 Å². The molecule has 2 aromatic rings. The van der Waals surface area contributed by atoms with Crippen LogP contribution in [0.5, 0.6) is 11.5 Å². The van der Waals surface area contributed by atoms with Crippen LogP contribution in [0.2, 0.25) is 0 Å². The van der Waals surface area contributed by atoms with Crippen LogP contribution in [0.4, 0.5) is 4.39 Å². The van der Waals surface area contributed by atoms with Gasteiger partial charge in [-0.05, 0) is 58.2 Å². The highest BCUT2D eigenvalue weighted by Gasteiger charge is 2.06. The molecule has 0 radical (unpaired) electrons. The summed E-state index contributed by atoms with van der Waals surface area (Å²) in [6.07, 6.45) is 0. The summed E-state index contributed by atoms with van der Waals surface area (Å²) in [5.41, 5.74) is 2.24. The topological polar surface area (TPSA) is 9.23 Å². The summed E-state index contributed by atoms with van der Waals surface area (Å²) in [6, 6.07) is 10.3. The van der Waals surface area contributed by atoms with Crippen LogP contribution in [0, 0.1) is 12.7 Å². The number of halogens is 3. The highest BCUT2D eigenvalue weighted by atomic mass is 79.9. The van der Waals surface area contributed by atoms with E-state index in [1.54, 1.807) is 6.07 Å². The maximum atomic E-state index is 13.0. The number of hydrogen-bond donors (Lipinski definition) is 0. The molecular weight excluding hydrogens is 363 g/mol. The molecule has 4 heteroatoms. The highest BCUT2D eigenvalue weighted by molar-refractivity contribution is 9.10. The largest absolute Gasteiger partial charge is 0.456 e. The van der Waals surface area contributed by atoms with E-state index in [1.807, 2.05) is 19.1 Å². The molecular formula is C14H11Br2FO. The van der Waals surface area contributed by atoms with Gasteiger partial charge in [0.15, 0.2) is 0 Å². The van der Waals surface area contributed by atoms with Crippen molar-refractivity contribution in [1.29, 1.82) is 0 Å². The maximum absolute atomic E-state index is 13.0. The first-order chi connectivity index (χ1) is 8.60. The Hall–Kier alpha value is -0.870. The summed E-state index contributed by atoms with van der Waals surface area (Å²) < 4.78 is 19.3. The van der Waals surface area contributed by atoms with Crippen LogP contribution in [0.25, 0.3) is 0 Å². The van der Waals surface area contributed by atoms with Gasteiger partial charge in [-0.15, -0.1) is 0 Å². The normalized spacial score (nSPS) is 10.4. The Morgan fingerprint density at radius 1 is 1.11 bits per heavy atom. The van der Waals surface area contributed by atoms with E-state index in [0.29, 0.717) is 10.2 Å². The summed E-state index contributed by atoms with van der Waals surface area (Å²) in [5.74, 6) is 1.08. The maximum Gasteiger partial charge on any atom is 0.141 e. The van der Waals surface area contributed by atoms with E-state index in [4.69, 9.17) is 4.74 Å². The van der Waals surface area contributed by atoms with Gasteiger partial charge < -0.3 is 4.74 Å². The Morgan fingerprint density at radius 2 is 1.83 bits per heavy atom. The van der Waals surface area contributed by atoms with Crippen molar-refractivity contribution in [2.75, 3.05) is 0 Å². The minimum Gasteiger partial charge on any atom is -0.456 e. The molecule has 2 aromatic carbocycles. The summed E-state index contributed by atoms with van der Waals surface area (Å²) in [7, 11) is 0. The molecule has 0 saturated heterocycles. The van der Waals surface area contributed by atoms with E-state index in [-0.39, 0.29) is 5.82 Å². The third-order valence-electron chi connectivity index (χ3n) is 2.51. The molecule has 0 aliphatic rings. The summed E-state index contributed by atoms with van der Waals surface area (Å²) >= 11 is 6.70. The number of rotatable bonds is 3. The highest BCUT2D eigenvalue weighted by Crippen LogP contribution is 2.32. The molecule has 0 aliphatic heterocycles. The lowest BCUT2D eigenvalue weighted by Gasteiger charge is -2.11. The van der Waals surface area contributed by atoms with Crippen molar-refractivity contribution >= 4 is 31.9 Å². The van der Waals surface area contributed by atoms with Crippen molar-refractivity contribution in [2.24, 2.45) is 0 Å². The van der Waals surface area contributed by atoms with Gasteiger partial charge in [0, 0.05) is 5.33 Å². The molecule has 0 spiro atoms. The van der Waals surface area contributed by atoms with Crippen LogP contribution in [-0.2, 0) is 5.33 Å². The quantitative estimate of drug-likeness (QED) is 0.637. The first kappa shape index (κ1) is 13.6. The standard InChI is InChI=1S/C14H11Br2FO/c1-9-6-10(8-15)2-4-13(9)18-14-5-3-11(17)7-12(14)16/h2-7H,8H2,1H3. The fraction of sp³-hybridized carbons (Fsp3) is 0.143. The second-order valence-corrected chi connectivity index (χ2v) is 5.33. The Morgan fingerprint density at radius 3 is 2.44 bits per heavy atom. The SMILES string of the molecule is Cc1cc(CBr)ccc1Oc1ccc(F)cc1Br. The summed E-state index contributed by atoms with van der Waals surface area (Å²) in [4.78, 5) is 0. The molecule has 0 aliphatic carbocycles. The minimum absolute atomic E-state index is 0.291. The number of benzene rings is 2. The Balaban J connectivity index is 2.28. The predicted octanol–water partition coefficient (Wildman–Crippen LogP) is 5.58. The molecule has 94 valence electrons. The molecule has 0 bridgehead atoms. The van der Waals surface area contributed by atoms with E-state index in [9.17, 15) is 4.39 Å². The summed E-state index contributed by atoms with van der Waals surface area (Å²) in [5, 5.41) is 0.814. The number of aryl methyl sites for hydroxylation is 1. The van der Waals surface area contributed by atoms with Crippen LogP contribution in [0.3, 0.4) is 0 Å². The van der Waals surface area contributed by atoms with Crippen LogP contribution >= 0.6 is 31.9 Å². The number of ether oxygens (including phenoxy) is 1. The van der Waals surface area contributed by atoms with Gasteiger partial charge in [-0.25, -0.2) is 4.39 Å². The van der Waals surface area contributed by atoms with E-state index in [0.717, 1.165) is 16.6 Å². The van der Waals surface area contributed by atoms with E-state index in [2.05, 4.69) is 37.9 Å². The Labute approximate surface area is 122 Å². The Bertz CT molecular complexity index is 570. The zero-order chi connectivity index (χ0) is 13.1. The molecule has 0 heterocycles. The fourth-order valence-corrected chi connectivity index (χ4v) is 2.37. The molecule has 0 aromatic heterocycles. The zero-order valence-corrected chi connectivity index (χ0v) is 12.9. The smallest absolute Gasteiger partial charge is 0.141 e. The third kappa shape index (κ3) is 3.12. The number of hydrogen-bond acceptors (Lipinski definition) is 1. The molecule has 2 rings (SSSR count). The summed E-state index contributed by atoms with van der Waals surface area (Å²) in [6.45, 7) is 1.99. The monoisotopic (exact) mass is 372 g/mol. The van der Waals surface area contributed by atoms with Gasteiger partial charge >= 0.3 is 0 Å². The van der Waals surface area contributed by atoms with Crippen molar-refractivity contribution < 1.29 is 9.13 Å². The lowest BCUT2D eigenvalue weighted by atomic mass is 10.1. The van der Waals surface area contributed by atoms with Crippen molar-refractivity contribution in [3.05, 3.63) is 57.8 Å². The second kappa shape index (κ2) is 5.85. The average Bonchev–Trinajstić information content (AvgIpc) is 2.34. The third-order valence-corrected chi connectivity index (χ3v) is 3.77. The molecule has 0 fully saturated rings. The molecule has 0 atom stereocenters. The fourth-order valence-electron chi connectivity index (χ4n) is 1.59. The van der Waals surface area contributed by atoms with Gasteiger partial charge in [0.2, 0.25) is 0 Å². The van der Waals surface area contributed by atoms with Crippen molar-refractivity contribution in [2.45, 2.75) is 12.3 Å². The average molecular weight is 374 g/mol. The Kier molecular flexibility index (Phi) is 4.40. The van der Waals surface area contributed by atoms with Crippen LogP contribution < -0.4 is 4.74 Å². The van der Waals surface area contributed by atoms with Crippen molar-refractivity contribution in [1.82, 2.24) is 0 Å². The predicted molar refractivity (Wildman–Crippen MR) is 78.0 cm³/mol. The molecule has 0 unspecified atom stereocenters. The van der Waals surface area contributed by atoms with Gasteiger partial charge in [0.05, 0.1) is 4.47 Å². The first-order valence-corrected chi connectivity index (χ1v) is 7.30. The van der Waals surface area contributed by atoms with Gasteiger partial charge in [0.25, 0.3) is 0 Å². The van der Waals surface area contributed by atoms with E-state index >= 15 is 0 Å². The van der Waals surface area contributed by atoms with Gasteiger partial charge in [0.1, 0.15) is 17.3 Å². The van der Waals surface area contributed by atoms with E-state index in [1.165, 1.54) is 17.7 Å².